The Bertz CT molecular complexity index is 1850. The van der Waals surface area contributed by atoms with Gasteiger partial charge in [0.15, 0.2) is 0 Å². The molecule has 0 aliphatic carbocycles. The fraction of sp³-hybridized carbons (Fsp3) is 0.267. The van der Waals surface area contributed by atoms with Gasteiger partial charge in [-0.3, -0.25) is 14.3 Å². The second-order valence-corrected chi connectivity index (χ2v) is 13.8. The number of aromatic nitrogens is 3. The minimum absolute atomic E-state index is 0.103. The van der Waals surface area contributed by atoms with Crippen molar-refractivity contribution in [3.8, 4) is 16.8 Å². The third-order valence-electron chi connectivity index (χ3n) is 7.42. The molecule has 0 bridgehead atoms. The first-order valence-corrected chi connectivity index (χ1v) is 15.8. The summed E-state index contributed by atoms with van der Waals surface area (Å²) in [6.07, 6.45) is 2.71. The van der Waals surface area contributed by atoms with Crippen LogP contribution in [0.3, 0.4) is 0 Å². The van der Waals surface area contributed by atoms with Gasteiger partial charge >= 0.3 is 5.69 Å². The number of anilines is 1. The van der Waals surface area contributed by atoms with E-state index in [1.165, 1.54) is 42.3 Å². The molecule has 218 valence electrons. The minimum Gasteiger partial charge on any atom is -0.350 e. The maximum absolute atomic E-state index is 15.8. The van der Waals surface area contributed by atoms with Crippen LogP contribution in [0.25, 0.3) is 27.7 Å². The summed E-state index contributed by atoms with van der Waals surface area (Å²) < 4.78 is 60.1. The fourth-order valence-electron chi connectivity index (χ4n) is 5.42. The van der Waals surface area contributed by atoms with Crippen molar-refractivity contribution in [2.24, 2.45) is 0 Å². The molecule has 0 N–H and O–H groups in total. The van der Waals surface area contributed by atoms with Crippen LogP contribution in [-0.2, 0) is 9.36 Å². The standard InChI is InChI=1S/C30H29F3N5O3P/c1-6-25(39)36-12-13-37(18(3)16-36)28-20-14-23(33)19(26-21(31)8-7-9-22(26)32)15-24(20)38(30(40)35-28)27-17(2)10-11-34-29(27)42(4,5)41/h6-11,14-15,18H,1,12-13,16H2,2-5H3/t18-/m0/s1. The average molecular weight is 596 g/mol. The van der Waals surface area contributed by atoms with E-state index in [0.717, 1.165) is 18.2 Å². The number of piperazine rings is 1. The molecule has 1 aliphatic rings. The van der Waals surface area contributed by atoms with E-state index >= 15 is 4.39 Å². The van der Waals surface area contributed by atoms with Gasteiger partial charge in [0.1, 0.15) is 35.8 Å². The Morgan fingerprint density at radius 2 is 1.79 bits per heavy atom. The van der Waals surface area contributed by atoms with Gasteiger partial charge in [-0.05, 0) is 69.1 Å². The molecule has 0 saturated carbocycles. The van der Waals surface area contributed by atoms with Crippen molar-refractivity contribution < 1.29 is 22.5 Å². The molecule has 1 fully saturated rings. The van der Waals surface area contributed by atoms with E-state index in [4.69, 9.17) is 0 Å². The van der Waals surface area contributed by atoms with Crippen LogP contribution in [0, 0.1) is 24.4 Å². The molecule has 4 aromatic rings. The van der Waals surface area contributed by atoms with Gasteiger partial charge in [-0.15, -0.1) is 0 Å². The van der Waals surface area contributed by atoms with Crippen LogP contribution in [0.4, 0.5) is 19.0 Å². The molecule has 2 aromatic carbocycles. The van der Waals surface area contributed by atoms with Crippen LogP contribution in [0.5, 0.6) is 0 Å². The molecule has 12 heteroatoms. The lowest BCUT2D eigenvalue weighted by molar-refractivity contribution is -0.126. The smallest absolute Gasteiger partial charge is 0.350 e. The third kappa shape index (κ3) is 5.02. The fourth-order valence-corrected chi connectivity index (χ4v) is 6.55. The van der Waals surface area contributed by atoms with E-state index in [0.29, 0.717) is 18.7 Å². The summed E-state index contributed by atoms with van der Waals surface area (Å²) in [6.45, 7) is 11.0. The monoisotopic (exact) mass is 595 g/mol. The van der Waals surface area contributed by atoms with Gasteiger partial charge in [0.25, 0.3) is 0 Å². The van der Waals surface area contributed by atoms with Crippen molar-refractivity contribution in [1.82, 2.24) is 19.4 Å². The van der Waals surface area contributed by atoms with Crippen molar-refractivity contribution in [1.29, 1.82) is 0 Å². The van der Waals surface area contributed by atoms with E-state index in [1.54, 1.807) is 22.8 Å². The van der Waals surface area contributed by atoms with Gasteiger partial charge < -0.3 is 14.4 Å². The molecule has 1 saturated heterocycles. The number of carbonyl (C=O) groups excluding carboxylic acids is 1. The predicted octanol–water partition coefficient (Wildman–Crippen LogP) is 4.64. The van der Waals surface area contributed by atoms with Crippen LogP contribution in [-0.4, -0.2) is 64.3 Å². The summed E-state index contributed by atoms with van der Waals surface area (Å²) in [5.41, 5.74) is -0.724. The van der Waals surface area contributed by atoms with E-state index in [9.17, 15) is 22.9 Å². The lowest BCUT2D eigenvalue weighted by Gasteiger charge is -2.40. The highest BCUT2D eigenvalue weighted by Gasteiger charge is 2.31. The number of amides is 1. The van der Waals surface area contributed by atoms with E-state index in [-0.39, 0.29) is 46.3 Å². The van der Waals surface area contributed by atoms with Gasteiger partial charge in [0.05, 0.1) is 16.8 Å². The molecule has 0 unspecified atom stereocenters. The summed E-state index contributed by atoms with van der Waals surface area (Å²) in [5, 5.41) is 0.194. The molecular formula is C30H29F3N5O3P. The van der Waals surface area contributed by atoms with Crippen LogP contribution < -0.4 is 16.0 Å². The highest BCUT2D eigenvalue weighted by molar-refractivity contribution is 7.70. The summed E-state index contributed by atoms with van der Waals surface area (Å²) in [7, 11) is -3.06. The largest absolute Gasteiger partial charge is 0.354 e. The van der Waals surface area contributed by atoms with Crippen molar-refractivity contribution in [3.05, 3.63) is 88.7 Å². The first kappa shape index (κ1) is 29.3. The highest BCUT2D eigenvalue weighted by Crippen LogP contribution is 2.39. The Morgan fingerprint density at radius 3 is 2.40 bits per heavy atom. The maximum atomic E-state index is 15.8. The van der Waals surface area contributed by atoms with Crippen LogP contribution >= 0.6 is 7.14 Å². The zero-order valence-corrected chi connectivity index (χ0v) is 24.5. The van der Waals surface area contributed by atoms with Gasteiger partial charge in [-0.1, -0.05) is 12.6 Å². The van der Waals surface area contributed by atoms with Gasteiger partial charge in [0, 0.05) is 42.8 Å². The molecule has 1 atom stereocenters. The highest BCUT2D eigenvalue weighted by atomic mass is 31.2. The molecule has 1 aliphatic heterocycles. The number of benzene rings is 2. The molecule has 3 heterocycles. The van der Waals surface area contributed by atoms with Crippen molar-refractivity contribution in [3.63, 3.8) is 0 Å². The number of halogens is 3. The first-order valence-electron chi connectivity index (χ1n) is 13.2. The van der Waals surface area contributed by atoms with Crippen LogP contribution in [0.2, 0.25) is 0 Å². The molecule has 0 radical (unpaired) electrons. The zero-order chi connectivity index (χ0) is 30.5. The summed E-state index contributed by atoms with van der Waals surface area (Å²) in [4.78, 5) is 38.2. The SMILES string of the molecule is C=CC(=O)N1CCN(c2nc(=O)n(-c3c(C)ccnc3P(C)(C)=O)c3cc(-c4c(F)cccc4F)c(F)cc23)[C@@H](C)C1. The van der Waals surface area contributed by atoms with Crippen molar-refractivity contribution >= 4 is 35.2 Å². The number of rotatable bonds is 5. The Kier molecular flexibility index (Phi) is 7.57. The number of pyridine rings is 1. The number of nitrogens with zero attached hydrogens (tertiary/aromatic N) is 5. The maximum Gasteiger partial charge on any atom is 0.354 e. The van der Waals surface area contributed by atoms with E-state index < -0.39 is 41.4 Å². The zero-order valence-electron chi connectivity index (χ0n) is 23.6. The lowest BCUT2D eigenvalue weighted by atomic mass is 10.0. The van der Waals surface area contributed by atoms with Crippen molar-refractivity contribution in [2.75, 3.05) is 37.9 Å². The number of hydrogen-bond donors (Lipinski definition) is 0. The second kappa shape index (κ2) is 10.9. The number of aryl methyl sites for hydroxylation is 1. The summed E-state index contributed by atoms with van der Waals surface area (Å²) in [6, 6.07) is 6.86. The van der Waals surface area contributed by atoms with Crippen LogP contribution in [0.1, 0.15) is 12.5 Å². The van der Waals surface area contributed by atoms with Crippen molar-refractivity contribution in [2.45, 2.75) is 19.9 Å². The van der Waals surface area contributed by atoms with E-state index in [1.807, 2.05) is 6.92 Å². The Labute approximate surface area is 240 Å². The van der Waals surface area contributed by atoms with Gasteiger partial charge in [0.2, 0.25) is 5.91 Å². The third-order valence-corrected chi connectivity index (χ3v) is 8.77. The molecule has 0 spiro atoms. The summed E-state index contributed by atoms with van der Waals surface area (Å²) >= 11 is 0. The van der Waals surface area contributed by atoms with Gasteiger partial charge in [-0.25, -0.2) is 18.0 Å². The number of hydrogen-bond acceptors (Lipinski definition) is 6. The Hall–Kier alpha value is -4.24. The normalized spacial score (nSPS) is 15.7. The molecule has 42 heavy (non-hydrogen) atoms. The first-order chi connectivity index (χ1) is 19.8. The van der Waals surface area contributed by atoms with Crippen LogP contribution in [0.15, 0.2) is 60.0 Å². The Balaban J connectivity index is 1.86. The molecule has 1 amide bonds. The number of fused-ring (bicyclic) bond motifs is 1. The molecule has 2 aromatic heterocycles. The van der Waals surface area contributed by atoms with E-state index in [2.05, 4.69) is 16.5 Å². The average Bonchev–Trinajstić information content (AvgIpc) is 2.92. The topological polar surface area (TPSA) is 88.4 Å². The minimum atomic E-state index is -3.06. The second-order valence-electron chi connectivity index (χ2n) is 10.7. The quantitative estimate of drug-likeness (QED) is 0.247. The number of carbonyl (C=O) groups is 1. The Morgan fingerprint density at radius 1 is 1.10 bits per heavy atom. The predicted molar refractivity (Wildman–Crippen MR) is 158 cm³/mol. The lowest BCUT2D eigenvalue weighted by Crippen LogP contribution is -2.54. The molecular weight excluding hydrogens is 566 g/mol. The molecule has 5 rings (SSSR count). The molecule has 8 nitrogen and oxygen atoms in total. The summed E-state index contributed by atoms with van der Waals surface area (Å²) in [5.74, 6) is -2.95. The van der Waals surface area contributed by atoms with Gasteiger partial charge in [-0.2, -0.15) is 4.98 Å².